The standard InChI is InChI=1S/2C22H16F3N4.Co/c2*1-11-17(10-27)13(3)28-20(11)18(16-7-5-15(9-26)6-8-16)21-12(2)19(14(4)29-21)22(23,24)25;/h2*5-8H,1-4H3;/q2*-1;+2/b21-18-;20-18-;. The number of alkyl halides is 6. The number of nitrogens with zero attached hydrogens (tertiary/aromatic N) is 8. The summed E-state index contributed by atoms with van der Waals surface area (Å²) in [6, 6.07) is 21.2. The van der Waals surface area contributed by atoms with Crippen molar-refractivity contribution in [1.29, 1.82) is 21.0 Å². The molecule has 0 aliphatic carbocycles. The Morgan fingerprint density at radius 2 is 0.983 bits per heavy atom. The van der Waals surface area contributed by atoms with Crippen LogP contribution < -0.4 is 9.97 Å². The van der Waals surface area contributed by atoms with Crippen LogP contribution in [0.5, 0.6) is 0 Å². The van der Waals surface area contributed by atoms with Crippen molar-refractivity contribution < 1.29 is 43.1 Å². The summed E-state index contributed by atoms with van der Waals surface area (Å²) in [4.78, 5) is 17.4. The molecular weight excluding hydrogens is 813 g/mol. The molecule has 2 aliphatic heterocycles. The van der Waals surface area contributed by atoms with Crippen molar-refractivity contribution in [3.05, 3.63) is 150 Å². The van der Waals surface area contributed by atoms with Gasteiger partial charge in [-0.15, -0.1) is 22.8 Å². The van der Waals surface area contributed by atoms with Crippen LogP contribution in [-0.2, 0) is 23.0 Å². The van der Waals surface area contributed by atoms with Gasteiger partial charge in [0, 0.05) is 11.1 Å². The number of allylic oxidation sites excluding steroid dienone is 4. The third kappa shape index (κ3) is 8.49. The topological polar surface area (TPSA) is 148 Å². The van der Waals surface area contributed by atoms with Crippen LogP contribution in [-0.4, -0.2) is 17.6 Å². The van der Waals surface area contributed by atoms with Crippen LogP contribution in [0.25, 0.3) is 11.1 Å². The first-order valence-electron chi connectivity index (χ1n) is 17.5. The second-order valence-corrected chi connectivity index (χ2v) is 13.5. The largest absolute Gasteiger partial charge is 2.00 e. The number of aliphatic imine (C=N–C) groups is 2. The van der Waals surface area contributed by atoms with E-state index in [4.69, 9.17) is 10.5 Å². The molecule has 4 aromatic rings. The Morgan fingerprint density at radius 1 is 0.542 bits per heavy atom. The van der Waals surface area contributed by atoms with Crippen LogP contribution >= 0.6 is 0 Å². The molecule has 0 fully saturated rings. The molecule has 4 heterocycles. The normalized spacial score (nSPS) is 15.6. The third-order valence-electron chi connectivity index (χ3n) is 9.83. The number of halogens is 6. The molecule has 0 atom stereocenters. The maximum Gasteiger partial charge on any atom is 2.00 e. The number of rotatable bonds is 4. The molecule has 2 aromatic carbocycles. The minimum atomic E-state index is -4.53. The molecule has 8 nitrogen and oxygen atoms in total. The SMILES string of the molecule is CC1=N/C(=C(/c2ccc(C#N)cc2)c2[n-]c(C)c(C#N)c2C)C(C)=C1C(F)(F)F.CC1=N/C(=C(/c2ccc(C#N)cc2)c2[n-]c(C)c(C(F)(F)F)c2C)C(C)=C1C#N.[Co+2]. The van der Waals surface area contributed by atoms with Gasteiger partial charge in [0.1, 0.15) is 6.07 Å². The van der Waals surface area contributed by atoms with Crippen molar-refractivity contribution in [3.8, 4) is 24.3 Å². The molecule has 0 spiro atoms. The van der Waals surface area contributed by atoms with E-state index in [-0.39, 0.29) is 50.7 Å². The van der Waals surface area contributed by atoms with E-state index in [0.717, 1.165) is 0 Å². The molecule has 0 saturated carbocycles. The zero-order valence-electron chi connectivity index (χ0n) is 32.8. The number of hydrogen-bond donors (Lipinski definition) is 0. The quantitative estimate of drug-likeness (QED) is 0.187. The van der Waals surface area contributed by atoms with E-state index < -0.39 is 23.5 Å². The van der Waals surface area contributed by atoms with Crippen molar-refractivity contribution in [2.45, 2.75) is 67.7 Å². The zero-order chi connectivity index (χ0) is 43.0. The Hall–Kier alpha value is -6.65. The average Bonchev–Trinajstić information content (AvgIpc) is 3.83. The molecule has 15 heteroatoms. The Balaban J connectivity index is 0.000000256. The van der Waals surface area contributed by atoms with Crippen LogP contribution in [0.1, 0.15) is 95.0 Å². The number of nitriles is 4. The second-order valence-electron chi connectivity index (χ2n) is 13.5. The maximum absolute atomic E-state index is 13.5. The number of aromatic nitrogens is 2. The van der Waals surface area contributed by atoms with Gasteiger partial charge in [0.2, 0.25) is 0 Å². The number of aryl methyl sites for hydroxylation is 2. The fourth-order valence-corrected chi connectivity index (χ4v) is 7.12. The Labute approximate surface area is 347 Å². The molecule has 0 amide bonds. The van der Waals surface area contributed by atoms with Gasteiger partial charge in [-0.25, -0.2) is 0 Å². The van der Waals surface area contributed by atoms with Gasteiger partial charge in [0.25, 0.3) is 0 Å². The number of hydrogen-bond acceptors (Lipinski definition) is 6. The molecule has 299 valence electrons. The van der Waals surface area contributed by atoms with Gasteiger partial charge in [-0.2, -0.15) is 47.4 Å². The predicted molar refractivity (Wildman–Crippen MR) is 206 cm³/mol. The Morgan fingerprint density at radius 3 is 1.34 bits per heavy atom. The van der Waals surface area contributed by atoms with Gasteiger partial charge in [-0.3, -0.25) is 9.98 Å². The van der Waals surface area contributed by atoms with E-state index in [1.54, 1.807) is 76.2 Å². The first-order chi connectivity index (χ1) is 27.2. The first kappa shape index (κ1) is 45.1. The third-order valence-corrected chi connectivity index (χ3v) is 9.83. The van der Waals surface area contributed by atoms with Crippen molar-refractivity contribution >= 4 is 22.6 Å². The molecule has 0 N–H and O–H groups in total. The van der Waals surface area contributed by atoms with Gasteiger partial charge in [0.05, 0.1) is 63.3 Å². The summed E-state index contributed by atoms with van der Waals surface area (Å²) in [5.74, 6) is 0. The summed E-state index contributed by atoms with van der Waals surface area (Å²) in [7, 11) is 0. The van der Waals surface area contributed by atoms with E-state index >= 15 is 0 Å². The van der Waals surface area contributed by atoms with Crippen LogP contribution in [0.2, 0.25) is 0 Å². The molecule has 59 heavy (non-hydrogen) atoms. The van der Waals surface area contributed by atoms with Crippen molar-refractivity contribution in [2.24, 2.45) is 9.98 Å². The van der Waals surface area contributed by atoms with Gasteiger partial charge in [-0.05, 0) is 105 Å². The fraction of sp³-hybridized carbons (Fsp3) is 0.227. The Kier molecular flexibility index (Phi) is 13.0. The summed E-state index contributed by atoms with van der Waals surface area (Å²) >= 11 is 0. The van der Waals surface area contributed by atoms with Gasteiger partial charge < -0.3 is 9.97 Å². The molecule has 2 aromatic heterocycles. The molecular formula is C44H32CoF6N8. The summed E-state index contributed by atoms with van der Waals surface area (Å²) in [6.45, 7) is 12.2. The molecule has 0 bridgehead atoms. The van der Waals surface area contributed by atoms with Crippen molar-refractivity contribution in [3.63, 3.8) is 0 Å². The fourth-order valence-electron chi connectivity index (χ4n) is 7.12. The van der Waals surface area contributed by atoms with Gasteiger partial charge >= 0.3 is 29.1 Å². The van der Waals surface area contributed by atoms with E-state index in [0.29, 0.717) is 78.5 Å². The van der Waals surface area contributed by atoms with Crippen molar-refractivity contribution in [2.75, 3.05) is 0 Å². The van der Waals surface area contributed by atoms with Crippen LogP contribution in [0.15, 0.2) is 92.2 Å². The summed E-state index contributed by atoms with van der Waals surface area (Å²) in [5.41, 5.74) is 5.20. The first-order valence-corrected chi connectivity index (χ1v) is 17.5. The average molecular weight is 846 g/mol. The van der Waals surface area contributed by atoms with Crippen LogP contribution in [0.4, 0.5) is 26.3 Å². The van der Waals surface area contributed by atoms with E-state index in [9.17, 15) is 36.9 Å². The zero-order valence-corrected chi connectivity index (χ0v) is 33.8. The monoisotopic (exact) mass is 845 g/mol. The summed E-state index contributed by atoms with van der Waals surface area (Å²) < 4.78 is 81.3. The Bertz CT molecular complexity index is 2740. The smallest absolute Gasteiger partial charge is 0.660 e. The molecule has 0 unspecified atom stereocenters. The minimum absolute atomic E-state index is 0. The minimum Gasteiger partial charge on any atom is -0.660 e. The summed E-state index contributed by atoms with van der Waals surface area (Å²) in [6.07, 6.45) is -9.06. The molecule has 2 aliphatic rings. The number of benzene rings is 2. The van der Waals surface area contributed by atoms with E-state index in [1.165, 1.54) is 27.7 Å². The van der Waals surface area contributed by atoms with E-state index in [1.807, 2.05) is 12.1 Å². The van der Waals surface area contributed by atoms with E-state index in [2.05, 4.69) is 32.1 Å². The molecule has 6 rings (SSSR count). The second kappa shape index (κ2) is 17.1. The van der Waals surface area contributed by atoms with Crippen LogP contribution in [0.3, 0.4) is 0 Å². The predicted octanol–water partition coefficient (Wildman–Crippen LogP) is 10.3. The van der Waals surface area contributed by atoms with Gasteiger partial charge in [-0.1, -0.05) is 43.7 Å². The van der Waals surface area contributed by atoms with Crippen LogP contribution in [0, 0.1) is 73.0 Å². The molecule has 1 radical (unpaired) electrons. The van der Waals surface area contributed by atoms with Gasteiger partial charge in [0.15, 0.2) is 0 Å². The maximum atomic E-state index is 13.5. The summed E-state index contributed by atoms with van der Waals surface area (Å²) in [5, 5.41) is 36.9. The molecule has 0 saturated heterocycles. The van der Waals surface area contributed by atoms with Crippen molar-refractivity contribution in [1.82, 2.24) is 9.97 Å².